The highest BCUT2D eigenvalue weighted by Crippen LogP contribution is 2.29. The average Bonchev–Trinajstić information content (AvgIpc) is 3.27. The van der Waals surface area contributed by atoms with Gasteiger partial charge in [0.1, 0.15) is 22.8 Å². The number of nitrogens with zero attached hydrogens (tertiary/aromatic N) is 2. The van der Waals surface area contributed by atoms with Gasteiger partial charge in [0.2, 0.25) is 5.90 Å². The first kappa shape index (κ1) is 17.7. The van der Waals surface area contributed by atoms with E-state index in [-0.39, 0.29) is 11.6 Å². The van der Waals surface area contributed by atoms with Gasteiger partial charge in [0, 0.05) is 5.56 Å². The summed E-state index contributed by atoms with van der Waals surface area (Å²) in [6.07, 6.45) is 1.68. The molecule has 140 valence electrons. The molecule has 4 rings (SSSR count). The van der Waals surface area contributed by atoms with Gasteiger partial charge in [-0.2, -0.15) is 0 Å². The maximum atomic E-state index is 12.3. The number of aryl methyl sites for hydroxylation is 1. The number of cyclic esters (lactones) is 1. The molecule has 6 heteroatoms. The van der Waals surface area contributed by atoms with Gasteiger partial charge in [0.05, 0.1) is 6.61 Å². The number of esters is 1. The maximum Gasteiger partial charge on any atom is 0.363 e. The lowest BCUT2D eigenvalue weighted by Crippen LogP contribution is -2.07. The Morgan fingerprint density at radius 3 is 2.54 bits per heavy atom. The molecule has 0 radical (unpaired) electrons. The normalized spacial score (nSPS) is 14.9. The van der Waals surface area contributed by atoms with Crippen molar-refractivity contribution >= 4 is 17.9 Å². The molecular weight excluding hydrogens is 356 g/mol. The minimum atomic E-state index is -0.511. The Morgan fingerprint density at radius 1 is 1.07 bits per heavy atom. The summed E-state index contributed by atoms with van der Waals surface area (Å²) in [5.41, 5.74) is 3.07. The lowest BCUT2D eigenvalue weighted by Gasteiger charge is -2.02. The number of carbonyl (C=O) groups is 1. The Morgan fingerprint density at radius 2 is 1.82 bits per heavy atom. The van der Waals surface area contributed by atoms with Crippen LogP contribution < -0.4 is 4.74 Å². The van der Waals surface area contributed by atoms with Crippen molar-refractivity contribution in [3.63, 3.8) is 0 Å². The van der Waals surface area contributed by atoms with Crippen LogP contribution in [0.3, 0.4) is 0 Å². The van der Waals surface area contributed by atoms with Gasteiger partial charge >= 0.3 is 5.97 Å². The SMILES string of the molecule is CCOc1ccc(/C=C2/N=C(c3c(-c4ccccc4)noc3C)OC2=O)cc1. The Balaban J connectivity index is 1.68. The largest absolute Gasteiger partial charge is 0.494 e. The molecule has 0 saturated carbocycles. The highest BCUT2D eigenvalue weighted by atomic mass is 16.6. The van der Waals surface area contributed by atoms with E-state index in [1.54, 1.807) is 13.0 Å². The van der Waals surface area contributed by atoms with Crippen LogP contribution in [-0.4, -0.2) is 23.6 Å². The van der Waals surface area contributed by atoms with Crippen LogP contribution in [0.4, 0.5) is 0 Å². The third-order valence-electron chi connectivity index (χ3n) is 4.24. The van der Waals surface area contributed by atoms with E-state index < -0.39 is 5.97 Å². The molecule has 0 aliphatic carbocycles. The molecule has 0 amide bonds. The molecule has 0 fully saturated rings. The highest BCUT2D eigenvalue weighted by molar-refractivity contribution is 6.15. The molecule has 2 heterocycles. The minimum Gasteiger partial charge on any atom is -0.494 e. The molecule has 0 atom stereocenters. The number of hydrogen-bond donors (Lipinski definition) is 0. The smallest absolute Gasteiger partial charge is 0.363 e. The van der Waals surface area contributed by atoms with Crippen LogP contribution in [-0.2, 0) is 9.53 Å². The number of ether oxygens (including phenoxy) is 2. The summed E-state index contributed by atoms with van der Waals surface area (Å²) in [5, 5.41) is 4.11. The van der Waals surface area contributed by atoms with Gasteiger partial charge in [-0.15, -0.1) is 0 Å². The van der Waals surface area contributed by atoms with Crippen LogP contribution in [0.15, 0.2) is 69.8 Å². The minimum absolute atomic E-state index is 0.194. The molecule has 28 heavy (non-hydrogen) atoms. The predicted molar refractivity (Wildman–Crippen MR) is 105 cm³/mol. The molecule has 1 aliphatic rings. The summed E-state index contributed by atoms with van der Waals surface area (Å²) < 4.78 is 16.2. The van der Waals surface area contributed by atoms with Crippen molar-refractivity contribution in [2.75, 3.05) is 6.61 Å². The van der Waals surface area contributed by atoms with E-state index >= 15 is 0 Å². The molecule has 1 aliphatic heterocycles. The average molecular weight is 374 g/mol. The summed E-state index contributed by atoms with van der Waals surface area (Å²) in [6, 6.07) is 17.0. The Bertz CT molecular complexity index is 1060. The molecule has 0 spiro atoms. The van der Waals surface area contributed by atoms with E-state index in [0.717, 1.165) is 16.9 Å². The fourth-order valence-corrected chi connectivity index (χ4v) is 2.92. The first-order chi connectivity index (χ1) is 13.7. The van der Waals surface area contributed by atoms with Gasteiger partial charge in [-0.1, -0.05) is 47.6 Å². The monoisotopic (exact) mass is 374 g/mol. The van der Waals surface area contributed by atoms with Gasteiger partial charge in [0.15, 0.2) is 5.70 Å². The van der Waals surface area contributed by atoms with Gasteiger partial charge in [0.25, 0.3) is 0 Å². The maximum absolute atomic E-state index is 12.3. The molecule has 0 bridgehead atoms. The topological polar surface area (TPSA) is 73.9 Å². The zero-order valence-electron chi connectivity index (χ0n) is 15.5. The Hall–Kier alpha value is -3.67. The quantitative estimate of drug-likeness (QED) is 0.489. The Kier molecular flexibility index (Phi) is 4.76. The number of carbonyl (C=O) groups excluding carboxylic acids is 1. The van der Waals surface area contributed by atoms with Crippen molar-refractivity contribution < 1.29 is 18.8 Å². The molecule has 3 aromatic rings. The van der Waals surface area contributed by atoms with Crippen molar-refractivity contribution in [2.24, 2.45) is 4.99 Å². The van der Waals surface area contributed by atoms with Crippen LogP contribution in [0.25, 0.3) is 17.3 Å². The van der Waals surface area contributed by atoms with Crippen LogP contribution in [0.2, 0.25) is 0 Å². The Labute approximate surface area is 162 Å². The second kappa shape index (κ2) is 7.52. The zero-order chi connectivity index (χ0) is 19.5. The van der Waals surface area contributed by atoms with E-state index in [0.29, 0.717) is 23.6 Å². The third kappa shape index (κ3) is 3.44. The molecular formula is C22H18N2O4. The van der Waals surface area contributed by atoms with Crippen LogP contribution in [0, 0.1) is 6.92 Å². The molecule has 1 aromatic heterocycles. The van der Waals surface area contributed by atoms with E-state index in [1.165, 1.54) is 0 Å². The lowest BCUT2D eigenvalue weighted by atomic mass is 10.1. The molecule has 0 saturated heterocycles. The van der Waals surface area contributed by atoms with Gasteiger partial charge in [-0.3, -0.25) is 0 Å². The molecule has 0 N–H and O–H groups in total. The van der Waals surface area contributed by atoms with Crippen LogP contribution in [0.1, 0.15) is 23.8 Å². The number of rotatable bonds is 5. The van der Waals surface area contributed by atoms with Crippen molar-refractivity contribution in [1.82, 2.24) is 5.16 Å². The fourth-order valence-electron chi connectivity index (χ4n) is 2.92. The van der Waals surface area contributed by atoms with E-state index in [9.17, 15) is 4.79 Å². The van der Waals surface area contributed by atoms with Gasteiger partial charge < -0.3 is 14.0 Å². The van der Waals surface area contributed by atoms with Gasteiger partial charge in [-0.25, -0.2) is 9.79 Å². The highest BCUT2D eigenvalue weighted by Gasteiger charge is 2.30. The van der Waals surface area contributed by atoms with Crippen molar-refractivity contribution in [1.29, 1.82) is 0 Å². The first-order valence-electron chi connectivity index (χ1n) is 8.93. The number of hydrogen-bond acceptors (Lipinski definition) is 6. The number of aromatic nitrogens is 1. The van der Waals surface area contributed by atoms with Crippen molar-refractivity contribution in [3.8, 4) is 17.0 Å². The van der Waals surface area contributed by atoms with Crippen molar-refractivity contribution in [3.05, 3.63) is 77.2 Å². The van der Waals surface area contributed by atoms with Crippen LogP contribution >= 0.6 is 0 Å². The fraction of sp³-hybridized carbons (Fsp3) is 0.136. The summed E-state index contributed by atoms with van der Waals surface area (Å²) in [4.78, 5) is 16.7. The molecule has 2 aromatic carbocycles. The first-order valence-corrected chi connectivity index (χ1v) is 8.93. The molecule has 0 unspecified atom stereocenters. The van der Waals surface area contributed by atoms with E-state index in [1.807, 2.05) is 61.5 Å². The van der Waals surface area contributed by atoms with Crippen molar-refractivity contribution in [2.45, 2.75) is 13.8 Å². The summed E-state index contributed by atoms with van der Waals surface area (Å²) >= 11 is 0. The molecule has 6 nitrogen and oxygen atoms in total. The second-order valence-electron chi connectivity index (χ2n) is 6.17. The summed E-state index contributed by atoms with van der Waals surface area (Å²) in [7, 11) is 0. The van der Waals surface area contributed by atoms with Gasteiger partial charge in [-0.05, 0) is 37.6 Å². The lowest BCUT2D eigenvalue weighted by molar-refractivity contribution is -0.129. The zero-order valence-corrected chi connectivity index (χ0v) is 15.5. The standard InChI is InChI=1S/C22H18N2O4/c1-3-26-17-11-9-15(10-12-17)13-18-22(25)27-21(23-18)19-14(2)28-24-20(19)16-7-5-4-6-8-16/h4-13H,3H2,1-2H3/b18-13+. The number of benzene rings is 2. The van der Waals surface area contributed by atoms with E-state index in [4.69, 9.17) is 14.0 Å². The summed E-state index contributed by atoms with van der Waals surface area (Å²) in [6.45, 7) is 4.29. The van der Waals surface area contributed by atoms with E-state index in [2.05, 4.69) is 10.1 Å². The third-order valence-corrected chi connectivity index (χ3v) is 4.24. The number of aliphatic imine (C=N–C) groups is 1. The predicted octanol–water partition coefficient (Wildman–Crippen LogP) is 4.39. The second-order valence-corrected chi connectivity index (χ2v) is 6.17. The summed E-state index contributed by atoms with van der Waals surface area (Å²) in [5.74, 6) is 0.992. The van der Waals surface area contributed by atoms with Crippen LogP contribution in [0.5, 0.6) is 5.75 Å².